The van der Waals surface area contributed by atoms with Gasteiger partial charge in [-0.3, -0.25) is 4.79 Å². The Balaban J connectivity index is 2.66. The van der Waals surface area contributed by atoms with E-state index < -0.39 is 0 Å². The van der Waals surface area contributed by atoms with E-state index >= 15 is 0 Å². The van der Waals surface area contributed by atoms with E-state index in [9.17, 15) is 4.79 Å². The van der Waals surface area contributed by atoms with Crippen molar-refractivity contribution in [1.82, 2.24) is 10.6 Å². The molecule has 0 aromatic carbocycles. The molecule has 0 bridgehead atoms. The Bertz CT molecular complexity index is 67.2. The van der Waals surface area contributed by atoms with Crippen molar-refractivity contribution in [1.29, 1.82) is 0 Å². The van der Waals surface area contributed by atoms with Gasteiger partial charge in [0, 0.05) is 26.2 Å². The van der Waals surface area contributed by atoms with Gasteiger partial charge in [0.15, 0.2) is 0 Å². The van der Waals surface area contributed by atoms with Crippen molar-refractivity contribution >= 4 is 6.41 Å². The van der Waals surface area contributed by atoms with E-state index in [2.05, 4.69) is 10.6 Å². The van der Waals surface area contributed by atoms with Gasteiger partial charge < -0.3 is 16.4 Å². The van der Waals surface area contributed by atoms with Gasteiger partial charge in [0.1, 0.15) is 0 Å². The molecule has 4 heteroatoms. The monoisotopic (exact) mass is 130 g/mol. The molecule has 53 valence electrons. The second-order valence-electron chi connectivity index (χ2n) is 1.57. The summed E-state index contributed by atoms with van der Waals surface area (Å²) in [6.45, 7) is 2.79. The lowest BCUT2D eigenvalue weighted by atomic mass is 10.5. The van der Waals surface area contributed by atoms with E-state index in [0.29, 0.717) is 13.1 Å². The summed E-state index contributed by atoms with van der Waals surface area (Å²) in [4.78, 5) is 9.55. The van der Waals surface area contributed by atoms with Crippen molar-refractivity contribution in [2.45, 2.75) is 0 Å². The molecule has 0 unspecified atom stereocenters. The molecule has 0 aliphatic carbocycles. The normalized spacial score (nSPS) is 9.00. The van der Waals surface area contributed by atoms with E-state index in [1.54, 1.807) is 6.41 Å². The maximum Gasteiger partial charge on any atom is 0.309 e. The van der Waals surface area contributed by atoms with Crippen molar-refractivity contribution in [2.75, 3.05) is 26.2 Å². The van der Waals surface area contributed by atoms with Crippen LogP contribution in [0.5, 0.6) is 0 Å². The molecular formula is C5H12N3O. The predicted octanol–water partition coefficient (Wildman–Crippen LogP) is -1.81. The van der Waals surface area contributed by atoms with Crippen LogP contribution in [-0.2, 0) is 4.79 Å². The van der Waals surface area contributed by atoms with Crippen LogP contribution in [0.2, 0.25) is 0 Å². The molecule has 0 heterocycles. The molecule has 9 heavy (non-hydrogen) atoms. The van der Waals surface area contributed by atoms with Crippen molar-refractivity contribution in [2.24, 2.45) is 5.73 Å². The Labute approximate surface area is 54.8 Å². The average molecular weight is 130 g/mol. The van der Waals surface area contributed by atoms with Gasteiger partial charge in [-0.15, -0.1) is 0 Å². The molecular weight excluding hydrogens is 118 g/mol. The summed E-state index contributed by atoms with van der Waals surface area (Å²) in [5.41, 5.74) is 5.18. The topological polar surface area (TPSA) is 67.2 Å². The molecule has 0 rings (SSSR count). The molecule has 1 amide bonds. The van der Waals surface area contributed by atoms with E-state index in [1.807, 2.05) is 0 Å². The summed E-state index contributed by atoms with van der Waals surface area (Å²) in [7, 11) is 0. The molecule has 0 atom stereocenters. The Morgan fingerprint density at radius 3 is 2.67 bits per heavy atom. The van der Waals surface area contributed by atoms with Gasteiger partial charge in [-0.2, -0.15) is 0 Å². The second-order valence-corrected chi connectivity index (χ2v) is 1.57. The minimum absolute atomic E-state index is 0.615. The van der Waals surface area contributed by atoms with Gasteiger partial charge in [-0.05, 0) is 0 Å². The maximum atomic E-state index is 9.55. The van der Waals surface area contributed by atoms with Crippen LogP contribution in [-0.4, -0.2) is 32.6 Å². The Hall–Kier alpha value is -0.610. The third kappa shape index (κ3) is 7.39. The van der Waals surface area contributed by atoms with Crippen LogP contribution in [0.15, 0.2) is 0 Å². The zero-order chi connectivity index (χ0) is 6.95. The number of rotatable bonds is 6. The summed E-state index contributed by atoms with van der Waals surface area (Å²) in [5, 5.41) is 5.40. The van der Waals surface area contributed by atoms with Crippen LogP contribution in [0.4, 0.5) is 0 Å². The Morgan fingerprint density at radius 2 is 2.11 bits per heavy atom. The Kier molecular flexibility index (Phi) is 6.89. The van der Waals surface area contributed by atoms with Gasteiger partial charge in [-0.25, -0.2) is 0 Å². The number of carbonyl (C=O) groups excluding carboxylic acids is 1. The minimum Gasteiger partial charge on any atom is -0.347 e. The Morgan fingerprint density at radius 1 is 1.33 bits per heavy atom. The highest BCUT2D eigenvalue weighted by atomic mass is 16.1. The number of nitrogens with one attached hydrogen (secondary N) is 2. The van der Waals surface area contributed by atoms with E-state index in [0.717, 1.165) is 13.1 Å². The molecule has 0 spiro atoms. The SMILES string of the molecule is NCCNCCN[C]=O. The fraction of sp³-hybridized carbons (Fsp3) is 0.800. The first-order valence-electron chi connectivity index (χ1n) is 2.92. The molecule has 0 aromatic heterocycles. The second kappa shape index (κ2) is 7.39. The largest absolute Gasteiger partial charge is 0.347 e. The van der Waals surface area contributed by atoms with E-state index in [4.69, 9.17) is 5.73 Å². The van der Waals surface area contributed by atoms with Gasteiger partial charge in [0.05, 0.1) is 0 Å². The molecule has 4 nitrogen and oxygen atoms in total. The van der Waals surface area contributed by atoms with E-state index in [-0.39, 0.29) is 0 Å². The van der Waals surface area contributed by atoms with Crippen LogP contribution >= 0.6 is 0 Å². The van der Waals surface area contributed by atoms with Gasteiger partial charge in [-0.1, -0.05) is 0 Å². The van der Waals surface area contributed by atoms with Gasteiger partial charge >= 0.3 is 6.41 Å². The molecule has 0 aliphatic heterocycles. The van der Waals surface area contributed by atoms with Crippen molar-refractivity contribution < 1.29 is 4.79 Å². The molecule has 0 saturated heterocycles. The fourth-order valence-corrected chi connectivity index (χ4v) is 0.429. The quantitative estimate of drug-likeness (QED) is 0.293. The number of nitrogens with two attached hydrogens (primary N) is 1. The first-order valence-corrected chi connectivity index (χ1v) is 2.92. The van der Waals surface area contributed by atoms with Crippen molar-refractivity contribution in [3.05, 3.63) is 0 Å². The van der Waals surface area contributed by atoms with Crippen LogP contribution in [0.1, 0.15) is 0 Å². The lowest BCUT2D eigenvalue weighted by Crippen LogP contribution is -2.30. The molecule has 0 aliphatic rings. The van der Waals surface area contributed by atoms with Gasteiger partial charge in [0.25, 0.3) is 0 Å². The van der Waals surface area contributed by atoms with Crippen molar-refractivity contribution in [3.63, 3.8) is 0 Å². The average Bonchev–Trinajstić information content (AvgIpc) is 1.89. The highest BCUT2D eigenvalue weighted by Gasteiger charge is 1.82. The summed E-state index contributed by atoms with van der Waals surface area (Å²) in [5.74, 6) is 0. The summed E-state index contributed by atoms with van der Waals surface area (Å²) < 4.78 is 0. The summed E-state index contributed by atoms with van der Waals surface area (Å²) in [6, 6.07) is 0. The molecule has 1 radical (unpaired) electrons. The van der Waals surface area contributed by atoms with E-state index in [1.165, 1.54) is 0 Å². The van der Waals surface area contributed by atoms with Crippen LogP contribution in [0.25, 0.3) is 0 Å². The highest BCUT2D eigenvalue weighted by Crippen LogP contribution is 1.53. The first-order chi connectivity index (χ1) is 4.41. The van der Waals surface area contributed by atoms with Crippen LogP contribution < -0.4 is 16.4 Å². The standard InChI is InChI=1S/C5H12N3O/c6-1-2-7-3-4-8-5-9/h7H,1-4,6H2,(H,8,9). The number of amides is 1. The van der Waals surface area contributed by atoms with Gasteiger partial charge in [0.2, 0.25) is 0 Å². The molecule has 4 N–H and O–H groups in total. The smallest absolute Gasteiger partial charge is 0.309 e. The van der Waals surface area contributed by atoms with Crippen LogP contribution in [0, 0.1) is 0 Å². The molecule has 0 saturated carbocycles. The zero-order valence-corrected chi connectivity index (χ0v) is 5.31. The molecule has 0 aromatic rings. The third-order valence-corrected chi connectivity index (χ3v) is 0.820. The first kappa shape index (κ1) is 8.39. The lowest BCUT2D eigenvalue weighted by Gasteiger charge is -1.99. The maximum absolute atomic E-state index is 9.55. The zero-order valence-electron chi connectivity index (χ0n) is 5.31. The summed E-state index contributed by atoms with van der Waals surface area (Å²) >= 11 is 0. The minimum atomic E-state index is 0.615. The molecule has 0 fully saturated rings. The highest BCUT2D eigenvalue weighted by molar-refractivity contribution is 5.46. The number of hydrogen-bond donors (Lipinski definition) is 3. The van der Waals surface area contributed by atoms with Crippen LogP contribution in [0.3, 0.4) is 0 Å². The predicted molar refractivity (Wildman–Crippen MR) is 35.6 cm³/mol. The number of hydrogen-bond acceptors (Lipinski definition) is 3. The van der Waals surface area contributed by atoms with Crippen molar-refractivity contribution in [3.8, 4) is 0 Å². The fourth-order valence-electron chi connectivity index (χ4n) is 0.429. The third-order valence-electron chi connectivity index (χ3n) is 0.820. The summed E-state index contributed by atoms with van der Waals surface area (Å²) in [6.07, 6.45) is 1.57. The lowest BCUT2D eigenvalue weighted by molar-refractivity contribution is 0.539.